The van der Waals surface area contributed by atoms with Crippen molar-refractivity contribution < 1.29 is 19.2 Å². The Labute approximate surface area is 394 Å². The van der Waals surface area contributed by atoms with Gasteiger partial charge in [-0.3, -0.25) is 29.0 Å². The molecule has 352 valence electrons. The molecule has 4 aliphatic rings. The molecule has 4 heterocycles. The van der Waals surface area contributed by atoms with E-state index in [1.807, 2.05) is 12.1 Å². The highest BCUT2D eigenvalue weighted by Gasteiger charge is 2.43. The van der Waals surface area contributed by atoms with Crippen LogP contribution in [0.4, 0.5) is 11.4 Å². The fraction of sp³-hybridized carbons (Fsp3) is 0.586. The molecule has 2 fully saturated rings. The lowest BCUT2D eigenvalue weighted by Crippen LogP contribution is -2.48. The SMILES string of the molecule is CCCCCCC(CCCCCC)N1C(=O)c2ccc3c4ccc5c6c(c(N7CCCC7)cc(c7cc(N8CCCC8)c(c2c37)C1=O)c64)C(=O)N(C(CCCCCC)CCCCCC)C5=O. The van der Waals surface area contributed by atoms with Gasteiger partial charge < -0.3 is 9.80 Å². The summed E-state index contributed by atoms with van der Waals surface area (Å²) in [4.78, 5) is 69.4. The maximum absolute atomic E-state index is 15.5. The minimum Gasteiger partial charge on any atom is -0.371 e. The molecule has 4 aliphatic heterocycles. The first-order chi connectivity index (χ1) is 32.3. The van der Waals surface area contributed by atoms with Crippen molar-refractivity contribution in [2.75, 3.05) is 36.0 Å². The molecule has 0 bridgehead atoms. The van der Waals surface area contributed by atoms with E-state index in [9.17, 15) is 0 Å². The number of amides is 4. The highest BCUT2D eigenvalue weighted by Crippen LogP contribution is 2.51. The number of benzene rings is 5. The van der Waals surface area contributed by atoms with Crippen LogP contribution in [0.25, 0.3) is 43.1 Å². The Balaban J connectivity index is 1.25. The van der Waals surface area contributed by atoms with E-state index in [0.29, 0.717) is 22.3 Å². The molecule has 0 radical (unpaired) electrons. The summed E-state index contributed by atoms with van der Waals surface area (Å²) in [5.41, 5.74) is 4.44. The van der Waals surface area contributed by atoms with E-state index in [1.165, 1.54) is 0 Å². The van der Waals surface area contributed by atoms with Gasteiger partial charge in [0.2, 0.25) is 0 Å². The topological polar surface area (TPSA) is 81.2 Å². The molecule has 5 aromatic rings. The largest absolute Gasteiger partial charge is 0.371 e. The van der Waals surface area contributed by atoms with Crippen molar-refractivity contribution >= 4 is 78.1 Å². The molecule has 0 aromatic heterocycles. The van der Waals surface area contributed by atoms with Crippen LogP contribution in [0.5, 0.6) is 0 Å². The van der Waals surface area contributed by atoms with E-state index in [-0.39, 0.29) is 35.7 Å². The van der Waals surface area contributed by atoms with Gasteiger partial charge in [-0.2, -0.15) is 0 Å². The van der Waals surface area contributed by atoms with Crippen molar-refractivity contribution in [1.29, 1.82) is 0 Å². The van der Waals surface area contributed by atoms with Gasteiger partial charge in [0.15, 0.2) is 0 Å². The fourth-order valence-corrected chi connectivity index (χ4v) is 12.6. The minimum absolute atomic E-state index is 0.137. The third-order valence-electron chi connectivity index (χ3n) is 16.1. The third kappa shape index (κ3) is 8.35. The second-order valence-corrected chi connectivity index (χ2v) is 20.5. The van der Waals surface area contributed by atoms with Crippen LogP contribution in [0.15, 0.2) is 36.4 Å². The standard InChI is InChI=1S/C58H76N4O4/c1-5-9-13-17-25-39(26-18-14-10-6-2)61-55(63)43-31-29-41-42-30-32-44-52-50(42)46(45-37-47(59-33-21-22-34-59)53(57(61)65)51(43)49(41)45)38-48(60-35-23-24-36-60)54(52)58(66)62(56(44)64)40(27-19-15-11-7-3)28-20-16-12-8-4/h29-32,37-40H,5-28,33-36H2,1-4H3. The minimum atomic E-state index is -0.163. The number of hydrogen-bond donors (Lipinski definition) is 0. The average Bonchev–Trinajstić information content (AvgIpc) is 4.08. The number of imide groups is 2. The normalized spacial score (nSPS) is 16.6. The average molecular weight is 893 g/mol. The lowest BCUT2D eigenvalue weighted by atomic mass is 9.80. The van der Waals surface area contributed by atoms with Crippen molar-refractivity contribution in [3.05, 3.63) is 58.7 Å². The molecule has 8 heteroatoms. The van der Waals surface area contributed by atoms with Gasteiger partial charge in [0.1, 0.15) is 0 Å². The molecule has 0 saturated carbocycles. The van der Waals surface area contributed by atoms with E-state index in [2.05, 4.69) is 61.8 Å². The summed E-state index contributed by atoms with van der Waals surface area (Å²) in [6, 6.07) is 12.4. The van der Waals surface area contributed by atoms with Gasteiger partial charge in [-0.1, -0.05) is 143 Å². The summed E-state index contributed by atoms with van der Waals surface area (Å²) in [6.45, 7) is 12.3. The molecule has 0 N–H and O–H groups in total. The first-order valence-corrected chi connectivity index (χ1v) is 26.9. The number of carbonyl (C=O) groups excluding carboxylic acids is 4. The van der Waals surface area contributed by atoms with Crippen LogP contribution in [0.2, 0.25) is 0 Å². The zero-order valence-electron chi connectivity index (χ0n) is 40.8. The Morgan fingerprint density at radius 3 is 1.05 bits per heavy atom. The van der Waals surface area contributed by atoms with Crippen molar-refractivity contribution in [2.24, 2.45) is 0 Å². The maximum atomic E-state index is 15.5. The Kier molecular flexibility index (Phi) is 14.5. The first kappa shape index (κ1) is 46.4. The number of rotatable bonds is 24. The first-order valence-electron chi connectivity index (χ1n) is 26.9. The van der Waals surface area contributed by atoms with E-state index >= 15 is 19.2 Å². The molecule has 0 atom stereocenters. The molecule has 66 heavy (non-hydrogen) atoms. The lowest BCUT2D eigenvalue weighted by molar-refractivity contribution is 0.0502. The van der Waals surface area contributed by atoms with Gasteiger partial charge in [-0.15, -0.1) is 0 Å². The van der Waals surface area contributed by atoms with E-state index in [0.717, 1.165) is 235 Å². The number of nitrogens with zero attached hydrogens (tertiary/aromatic N) is 4. The Hall–Kier alpha value is -4.72. The summed E-state index contributed by atoms with van der Waals surface area (Å²) in [5, 5.41) is 7.40. The Morgan fingerprint density at radius 1 is 0.394 bits per heavy atom. The van der Waals surface area contributed by atoms with Crippen molar-refractivity contribution in [3.63, 3.8) is 0 Å². The zero-order valence-corrected chi connectivity index (χ0v) is 40.8. The van der Waals surface area contributed by atoms with Gasteiger partial charge in [0, 0.05) is 60.2 Å². The van der Waals surface area contributed by atoms with E-state index < -0.39 is 0 Å². The van der Waals surface area contributed by atoms with Crippen LogP contribution in [-0.4, -0.2) is 71.7 Å². The second kappa shape index (κ2) is 20.7. The van der Waals surface area contributed by atoms with Crippen LogP contribution in [-0.2, 0) is 0 Å². The van der Waals surface area contributed by atoms with Gasteiger partial charge >= 0.3 is 0 Å². The quantitative estimate of drug-likeness (QED) is 0.0266. The van der Waals surface area contributed by atoms with Gasteiger partial charge in [0.05, 0.1) is 22.5 Å². The highest BCUT2D eigenvalue weighted by atomic mass is 16.2. The van der Waals surface area contributed by atoms with Crippen LogP contribution >= 0.6 is 0 Å². The van der Waals surface area contributed by atoms with Gasteiger partial charge in [-0.05, 0) is 108 Å². The van der Waals surface area contributed by atoms with Crippen LogP contribution in [0.1, 0.15) is 223 Å². The molecule has 2 saturated heterocycles. The molecule has 0 unspecified atom stereocenters. The van der Waals surface area contributed by atoms with Crippen molar-refractivity contribution in [3.8, 4) is 0 Å². The molecule has 0 aliphatic carbocycles. The van der Waals surface area contributed by atoms with Crippen molar-refractivity contribution in [1.82, 2.24) is 9.80 Å². The second-order valence-electron chi connectivity index (χ2n) is 20.5. The van der Waals surface area contributed by atoms with Crippen LogP contribution < -0.4 is 9.80 Å². The molecule has 5 aromatic carbocycles. The number of fused-ring (bicyclic) bond motifs is 2. The number of anilines is 2. The molecule has 4 amide bonds. The summed E-state index contributed by atoms with van der Waals surface area (Å²) in [7, 11) is 0. The lowest BCUT2D eigenvalue weighted by Gasteiger charge is -2.38. The Morgan fingerprint density at radius 2 is 0.727 bits per heavy atom. The van der Waals surface area contributed by atoms with E-state index in [4.69, 9.17) is 0 Å². The Bertz CT molecular complexity index is 2380. The monoisotopic (exact) mass is 893 g/mol. The van der Waals surface area contributed by atoms with E-state index in [1.54, 1.807) is 9.80 Å². The molecular weight excluding hydrogens is 817 g/mol. The smallest absolute Gasteiger partial charge is 0.263 e. The fourth-order valence-electron chi connectivity index (χ4n) is 12.6. The summed E-state index contributed by atoms with van der Waals surface area (Å²) in [5.74, 6) is -0.608. The van der Waals surface area contributed by atoms with Gasteiger partial charge in [0.25, 0.3) is 23.6 Å². The number of carbonyl (C=O) groups is 4. The number of hydrogen-bond acceptors (Lipinski definition) is 6. The molecule has 8 nitrogen and oxygen atoms in total. The predicted octanol–water partition coefficient (Wildman–Crippen LogP) is 14.7. The predicted molar refractivity (Wildman–Crippen MR) is 274 cm³/mol. The van der Waals surface area contributed by atoms with Crippen LogP contribution in [0.3, 0.4) is 0 Å². The van der Waals surface area contributed by atoms with Gasteiger partial charge in [-0.25, -0.2) is 0 Å². The van der Waals surface area contributed by atoms with Crippen molar-refractivity contribution in [2.45, 2.75) is 194 Å². The summed E-state index contributed by atoms with van der Waals surface area (Å²) >= 11 is 0. The number of unbranched alkanes of at least 4 members (excludes halogenated alkanes) is 12. The molecule has 9 rings (SSSR count). The zero-order chi connectivity index (χ0) is 45.9. The summed E-state index contributed by atoms with van der Waals surface area (Å²) in [6.07, 6.45) is 25.2. The third-order valence-corrected chi connectivity index (χ3v) is 16.1. The summed E-state index contributed by atoms with van der Waals surface area (Å²) < 4.78 is 0. The highest BCUT2D eigenvalue weighted by molar-refractivity contribution is 6.43. The molecule has 0 spiro atoms. The van der Waals surface area contributed by atoms with Crippen LogP contribution in [0, 0.1) is 0 Å². The molecular formula is C58H76N4O4. The maximum Gasteiger partial charge on any atom is 0.263 e.